The zero-order chi connectivity index (χ0) is 14.7. The van der Waals surface area contributed by atoms with Gasteiger partial charge in [-0.15, -0.1) is 0 Å². The Labute approximate surface area is 122 Å². The second-order valence-corrected chi connectivity index (χ2v) is 4.72. The van der Waals surface area contributed by atoms with Gasteiger partial charge in [-0.25, -0.2) is 4.98 Å². The van der Waals surface area contributed by atoms with Crippen molar-refractivity contribution in [1.82, 2.24) is 14.8 Å². The summed E-state index contributed by atoms with van der Waals surface area (Å²) in [5, 5.41) is 10.3. The van der Waals surface area contributed by atoms with E-state index in [1.807, 2.05) is 13.8 Å². The molecule has 0 bridgehead atoms. The third-order valence-corrected chi connectivity index (χ3v) is 2.99. The highest BCUT2D eigenvalue weighted by atomic mass is 35.5. The molecular formula is C13H16ClN5O. The van der Waals surface area contributed by atoms with Crippen molar-refractivity contribution in [3.05, 3.63) is 34.7 Å². The lowest BCUT2D eigenvalue weighted by Gasteiger charge is -2.08. The Bertz CT molecular complexity index is 638. The van der Waals surface area contributed by atoms with Crippen LogP contribution < -0.4 is 10.6 Å². The monoisotopic (exact) mass is 293 g/mol. The first kappa shape index (κ1) is 14.3. The highest BCUT2D eigenvalue weighted by Gasteiger charge is 2.15. The molecule has 2 aromatic rings. The van der Waals surface area contributed by atoms with Gasteiger partial charge in [-0.3, -0.25) is 9.48 Å². The molecule has 0 atom stereocenters. The van der Waals surface area contributed by atoms with Crippen molar-refractivity contribution in [2.45, 2.75) is 13.8 Å². The van der Waals surface area contributed by atoms with Crippen LogP contribution in [0.15, 0.2) is 18.3 Å². The lowest BCUT2D eigenvalue weighted by atomic mass is 10.3. The van der Waals surface area contributed by atoms with Crippen LogP contribution in [0.25, 0.3) is 0 Å². The van der Waals surface area contributed by atoms with Crippen molar-refractivity contribution in [2.75, 3.05) is 17.2 Å². The Morgan fingerprint density at radius 2 is 2.20 bits per heavy atom. The summed E-state index contributed by atoms with van der Waals surface area (Å²) in [6, 6.07) is 3.38. The summed E-state index contributed by atoms with van der Waals surface area (Å²) in [5.74, 6) is 0.260. The zero-order valence-electron chi connectivity index (χ0n) is 11.6. The van der Waals surface area contributed by atoms with Gasteiger partial charge in [0.25, 0.3) is 5.91 Å². The van der Waals surface area contributed by atoms with Crippen LogP contribution in [0.1, 0.15) is 23.1 Å². The number of nitrogens with one attached hydrogen (secondary N) is 2. The van der Waals surface area contributed by atoms with Crippen molar-refractivity contribution in [1.29, 1.82) is 0 Å². The number of hydrogen-bond donors (Lipinski definition) is 2. The SMILES string of the molecule is CCNc1ccc(Cl)c(C(=O)Nc2cn(C)nc2C)n1. The predicted octanol–water partition coefficient (Wildman–Crippen LogP) is 2.46. The number of anilines is 2. The largest absolute Gasteiger partial charge is 0.370 e. The predicted molar refractivity (Wildman–Crippen MR) is 79.3 cm³/mol. The smallest absolute Gasteiger partial charge is 0.275 e. The van der Waals surface area contributed by atoms with E-state index in [2.05, 4.69) is 20.7 Å². The minimum atomic E-state index is -0.356. The van der Waals surface area contributed by atoms with Gasteiger partial charge in [0.2, 0.25) is 0 Å². The maximum Gasteiger partial charge on any atom is 0.275 e. The molecule has 0 saturated heterocycles. The molecule has 7 heteroatoms. The molecule has 6 nitrogen and oxygen atoms in total. The van der Waals surface area contributed by atoms with E-state index < -0.39 is 0 Å². The van der Waals surface area contributed by atoms with Crippen LogP contribution in [-0.2, 0) is 7.05 Å². The standard InChI is InChI=1S/C13H16ClN5O/c1-4-15-11-6-5-9(14)12(17-11)13(20)16-10-7-19(3)18-8(10)2/h5-7H,4H2,1-3H3,(H,15,17)(H,16,20). The molecule has 2 aromatic heterocycles. The molecule has 0 aliphatic heterocycles. The molecule has 0 aromatic carbocycles. The number of pyridine rings is 1. The number of rotatable bonds is 4. The quantitative estimate of drug-likeness (QED) is 0.908. The second-order valence-electron chi connectivity index (χ2n) is 4.31. The molecule has 2 heterocycles. The lowest BCUT2D eigenvalue weighted by molar-refractivity contribution is 0.102. The molecule has 0 unspecified atom stereocenters. The number of carbonyl (C=O) groups is 1. The summed E-state index contributed by atoms with van der Waals surface area (Å²) in [6.07, 6.45) is 1.73. The number of amides is 1. The van der Waals surface area contributed by atoms with Crippen LogP contribution in [0.4, 0.5) is 11.5 Å². The molecule has 0 radical (unpaired) electrons. The van der Waals surface area contributed by atoms with Gasteiger partial charge in [-0.05, 0) is 26.0 Å². The van der Waals surface area contributed by atoms with Gasteiger partial charge >= 0.3 is 0 Å². The lowest BCUT2D eigenvalue weighted by Crippen LogP contribution is -2.15. The van der Waals surface area contributed by atoms with Gasteiger partial charge in [0.15, 0.2) is 0 Å². The van der Waals surface area contributed by atoms with Crippen molar-refractivity contribution in [3.63, 3.8) is 0 Å². The molecule has 0 aliphatic rings. The third-order valence-electron chi connectivity index (χ3n) is 2.68. The number of carbonyl (C=O) groups excluding carboxylic acids is 1. The van der Waals surface area contributed by atoms with Gasteiger partial charge in [0.1, 0.15) is 11.5 Å². The van der Waals surface area contributed by atoms with Crippen LogP contribution in [0.3, 0.4) is 0 Å². The average Bonchev–Trinajstić information content (AvgIpc) is 2.70. The molecule has 106 valence electrons. The summed E-state index contributed by atoms with van der Waals surface area (Å²) < 4.78 is 1.63. The summed E-state index contributed by atoms with van der Waals surface area (Å²) in [7, 11) is 1.79. The first-order chi connectivity index (χ1) is 9.51. The summed E-state index contributed by atoms with van der Waals surface area (Å²) in [5.41, 5.74) is 1.57. The van der Waals surface area contributed by atoms with E-state index in [1.54, 1.807) is 30.1 Å². The summed E-state index contributed by atoms with van der Waals surface area (Å²) >= 11 is 6.03. The zero-order valence-corrected chi connectivity index (χ0v) is 12.3. The Morgan fingerprint density at radius 1 is 1.45 bits per heavy atom. The molecule has 0 fully saturated rings. The Balaban J connectivity index is 2.24. The first-order valence-electron chi connectivity index (χ1n) is 6.23. The highest BCUT2D eigenvalue weighted by molar-refractivity contribution is 6.34. The van der Waals surface area contributed by atoms with Crippen molar-refractivity contribution >= 4 is 29.0 Å². The van der Waals surface area contributed by atoms with E-state index in [4.69, 9.17) is 11.6 Å². The molecule has 20 heavy (non-hydrogen) atoms. The van der Waals surface area contributed by atoms with Crippen LogP contribution in [0.2, 0.25) is 5.02 Å². The van der Waals surface area contributed by atoms with Crippen LogP contribution in [0.5, 0.6) is 0 Å². The van der Waals surface area contributed by atoms with E-state index in [0.29, 0.717) is 16.5 Å². The van der Waals surface area contributed by atoms with E-state index in [0.717, 1.165) is 12.2 Å². The topological polar surface area (TPSA) is 71.8 Å². The first-order valence-corrected chi connectivity index (χ1v) is 6.61. The third kappa shape index (κ3) is 3.08. The van der Waals surface area contributed by atoms with E-state index in [9.17, 15) is 4.79 Å². The minimum absolute atomic E-state index is 0.188. The Morgan fingerprint density at radius 3 is 2.80 bits per heavy atom. The van der Waals surface area contributed by atoms with Gasteiger partial charge in [-0.2, -0.15) is 5.10 Å². The molecule has 2 rings (SSSR count). The average molecular weight is 294 g/mol. The van der Waals surface area contributed by atoms with Crippen molar-refractivity contribution in [2.24, 2.45) is 7.05 Å². The van der Waals surface area contributed by atoms with Crippen LogP contribution in [-0.4, -0.2) is 27.2 Å². The van der Waals surface area contributed by atoms with Gasteiger partial charge in [0, 0.05) is 19.8 Å². The Kier molecular flexibility index (Phi) is 4.24. The van der Waals surface area contributed by atoms with E-state index in [1.165, 1.54) is 0 Å². The number of nitrogens with zero attached hydrogens (tertiary/aromatic N) is 3. The number of aryl methyl sites for hydroxylation is 2. The maximum atomic E-state index is 12.2. The molecule has 0 spiro atoms. The molecule has 2 N–H and O–H groups in total. The highest BCUT2D eigenvalue weighted by Crippen LogP contribution is 2.19. The van der Waals surface area contributed by atoms with E-state index >= 15 is 0 Å². The fourth-order valence-corrected chi connectivity index (χ4v) is 1.98. The fraction of sp³-hybridized carbons (Fsp3) is 0.308. The number of hydrogen-bond acceptors (Lipinski definition) is 4. The summed E-state index contributed by atoms with van der Waals surface area (Å²) in [6.45, 7) is 4.49. The fourth-order valence-electron chi connectivity index (χ4n) is 1.78. The number of aromatic nitrogens is 3. The van der Waals surface area contributed by atoms with Crippen molar-refractivity contribution < 1.29 is 4.79 Å². The van der Waals surface area contributed by atoms with Gasteiger partial charge < -0.3 is 10.6 Å². The van der Waals surface area contributed by atoms with Gasteiger partial charge in [-0.1, -0.05) is 11.6 Å². The summed E-state index contributed by atoms with van der Waals surface area (Å²) in [4.78, 5) is 16.4. The minimum Gasteiger partial charge on any atom is -0.370 e. The van der Waals surface area contributed by atoms with Crippen LogP contribution >= 0.6 is 11.6 Å². The number of halogens is 1. The van der Waals surface area contributed by atoms with Gasteiger partial charge in [0.05, 0.1) is 16.4 Å². The molecule has 1 amide bonds. The normalized spacial score (nSPS) is 10.4. The Hall–Kier alpha value is -2.08. The van der Waals surface area contributed by atoms with E-state index in [-0.39, 0.29) is 11.6 Å². The van der Waals surface area contributed by atoms with Crippen molar-refractivity contribution in [3.8, 4) is 0 Å². The molecule has 0 saturated carbocycles. The molecule has 0 aliphatic carbocycles. The molecular weight excluding hydrogens is 278 g/mol. The van der Waals surface area contributed by atoms with Crippen LogP contribution in [0, 0.1) is 6.92 Å². The second kappa shape index (κ2) is 5.92. The maximum absolute atomic E-state index is 12.2.